The minimum Gasteiger partial charge on any atom is -0.388 e. The fourth-order valence-electron chi connectivity index (χ4n) is 1.71. The molecule has 0 bridgehead atoms. The van der Waals surface area contributed by atoms with Gasteiger partial charge in [0.1, 0.15) is 5.82 Å². The molecule has 3 heteroatoms. The molecule has 0 saturated heterocycles. The number of rotatable bonds is 4. The van der Waals surface area contributed by atoms with Crippen LogP contribution in [0, 0.1) is 0 Å². The topological polar surface area (TPSA) is 28.2 Å². The van der Waals surface area contributed by atoms with Crippen LogP contribution in [-0.2, 0) is 6.54 Å². The quantitative estimate of drug-likeness (QED) is 0.870. The van der Waals surface area contributed by atoms with Crippen LogP contribution < -0.4 is 10.2 Å². The Labute approximate surface area is 102 Å². The Kier molecular flexibility index (Phi) is 3.60. The van der Waals surface area contributed by atoms with Gasteiger partial charge in [0, 0.05) is 32.5 Å². The van der Waals surface area contributed by atoms with Crippen molar-refractivity contribution in [3.8, 4) is 0 Å². The first kappa shape index (κ1) is 11.5. The molecule has 0 atom stereocenters. The summed E-state index contributed by atoms with van der Waals surface area (Å²) in [6.45, 7) is 0.862. The normalized spacial score (nSPS) is 10.0. The smallest absolute Gasteiger partial charge is 0.128 e. The average Bonchev–Trinajstić information content (AvgIpc) is 2.40. The van der Waals surface area contributed by atoms with Gasteiger partial charge in [-0.3, -0.25) is 0 Å². The maximum atomic E-state index is 4.32. The van der Waals surface area contributed by atoms with Gasteiger partial charge in [0.05, 0.1) is 0 Å². The summed E-state index contributed by atoms with van der Waals surface area (Å²) in [7, 11) is 3.98. The molecule has 1 aromatic heterocycles. The Bertz CT molecular complexity index is 451. The third-order valence-corrected chi connectivity index (χ3v) is 2.70. The Balaban J connectivity index is 2.05. The molecular formula is C14H17N3. The van der Waals surface area contributed by atoms with E-state index in [-0.39, 0.29) is 0 Å². The molecule has 17 heavy (non-hydrogen) atoms. The van der Waals surface area contributed by atoms with E-state index in [2.05, 4.69) is 39.5 Å². The lowest BCUT2D eigenvalue weighted by Gasteiger charge is -2.18. The highest BCUT2D eigenvalue weighted by molar-refractivity contribution is 5.45. The second-order valence-electron chi connectivity index (χ2n) is 3.99. The van der Waals surface area contributed by atoms with Gasteiger partial charge in [0.2, 0.25) is 0 Å². The minimum absolute atomic E-state index is 0.862. The van der Waals surface area contributed by atoms with Crippen LogP contribution in [0.5, 0.6) is 0 Å². The van der Waals surface area contributed by atoms with Gasteiger partial charge >= 0.3 is 0 Å². The molecule has 0 saturated carbocycles. The van der Waals surface area contributed by atoms with Crippen molar-refractivity contribution < 1.29 is 0 Å². The second-order valence-corrected chi connectivity index (χ2v) is 3.99. The largest absolute Gasteiger partial charge is 0.388 e. The fraction of sp³-hybridized carbons (Fsp3) is 0.214. The molecular weight excluding hydrogens is 210 g/mol. The Hall–Kier alpha value is -2.03. The van der Waals surface area contributed by atoms with Crippen molar-refractivity contribution in [1.82, 2.24) is 4.98 Å². The highest BCUT2D eigenvalue weighted by Gasteiger charge is 2.02. The first-order valence-electron chi connectivity index (χ1n) is 5.68. The van der Waals surface area contributed by atoms with E-state index >= 15 is 0 Å². The molecule has 3 nitrogen and oxygen atoms in total. The molecule has 1 aromatic carbocycles. The molecule has 0 aliphatic heterocycles. The van der Waals surface area contributed by atoms with Gasteiger partial charge in [-0.05, 0) is 29.8 Å². The molecule has 0 amide bonds. The number of anilines is 2. The zero-order chi connectivity index (χ0) is 12.1. The average molecular weight is 227 g/mol. The van der Waals surface area contributed by atoms with Crippen LogP contribution in [0.3, 0.4) is 0 Å². The lowest BCUT2D eigenvalue weighted by Crippen LogP contribution is -2.17. The molecule has 2 aromatic rings. The van der Waals surface area contributed by atoms with Crippen molar-refractivity contribution in [3.63, 3.8) is 0 Å². The summed E-state index contributed by atoms with van der Waals surface area (Å²) in [6, 6.07) is 14.4. The van der Waals surface area contributed by atoms with E-state index in [9.17, 15) is 0 Å². The molecule has 0 spiro atoms. The highest BCUT2D eigenvalue weighted by atomic mass is 15.2. The minimum atomic E-state index is 0.862. The van der Waals surface area contributed by atoms with Crippen LogP contribution in [-0.4, -0.2) is 19.1 Å². The van der Waals surface area contributed by atoms with Crippen LogP contribution in [0.1, 0.15) is 5.56 Å². The number of aromatic nitrogens is 1. The maximum Gasteiger partial charge on any atom is 0.128 e. The van der Waals surface area contributed by atoms with Crippen LogP contribution >= 0.6 is 0 Å². The molecule has 0 unspecified atom stereocenters. The molecule has 2 rings (SSSR count). The molecule has 1 heterocycles. The van der Waals surface area contributed by atoms with E-state index in [0.29, 0.717) is 0 Å². The molecule has 0 radical (unpaired) electrons. The van der Waals surface area contributed by atoms with Crippen LogP contribution in [0.15, 0.2) is 48.7 Å². The van der Waals surface area contributed by atoms with E-state index in [1.165, 1.54) is 5.56 Å². The van der Waals surface area contributed by atoms with Gasteiger partial charge in [-0.1, -0.05) is 18.2 Å². The third kappa shape index (κ3) is 2.97. The van der Waals surface area contributed by atoms with Crippen molar-refractivity contribution in [3.05, 3.63) is 54.2 Å². The number of nitrogens with one attached hydrogen (secondary N) is 1. The van der Waals surface area contributed by atoms with Crippen molar-refractivity contribution >= 4 is 11.5 Å². The first-order valence-corrected chi connectivity index (χ1v) is 5.68. The maximum absolute atomic E-state index is 4.32. The van der Waals surface area contributed by atoms with Crippen LogP contribution in [0.2, 0.25) is 0 Å². The predicted octanol–water partition coefficient (Wildman–Crippen LogP) is 2.76. The Morgan fingerprint density at radius 3 is 2.47 bits per heavy atom. The van der Waals surface area contributed by atoms with E-state index in [1.807, 2.05) is 38.5 Å². The number of benzene rings is 1. The predicted molar refractivity (Wildman–Crippen MR) is 72.3 cm³/mol. The lowest BCUT2D eigenvalue weighted by molar-refractivity contribution is 0.898. The molecule has 0 aliphatic rings. The van der Waals surface area contributed by atoms with E-state index in [4.69, 9.17) is 0 Å². The molecule has 0 fully saturated rings. The van der Waals surface area contributed by atoms with Gasteiger partial charge in [-0.15, -0.1) is 0 Å². The molecule has 0 aliphatic carbocycles. The standard InChI is InChI=1S/C14H17N3/c1-15-13-8-6-12(7-9-13)11-17(2)14-5-3-4-10-16-14/h3-10,15H,11H2,1-2H3. The number of hydrogen-bond acceptors (Lipinski definition) is 3. The summed E-state index contributed by atoms with van der Waals surface area (Å²) in [5, 5.41) is 3.11. The SMILES string of the molecule is CNc1ccc(CN(C)c2ccccn2)cc1. The summed E-state index contributed by atoms with van der Waals surface area (Å²) >= 11 is 0. The summed E-state index contributed by atoms with van der Waals surface area (Å²) in [6.07, 6.45) is 1.82. The summed E-state index contributed by atoms with van der Waals surface area (Å²) < 4.78 is 0. The summed E-state index contributed by atoms with van der Waals surface area (Å²) in [4.78, 5) is 6.46. The monoisotopic (exact) mass is 227 g/mol. The van der Waals surface area contributed by atoms with E-state index < -0.39 is 0 Å². The van der Waals surface area contributed by atoms with Crippen molar-refractivity contribution in [2.24, 2.45) is 0 Å². The number of nitrogens with zero attached hydrogens (tertiary/aromatic N) is 2. The van der Waals surface area contributed by atoms with Gasteiger partial charge in [-0.25, -0.2) is 4.98 Å². The zero-order valence-electron chi connectivity index (χ0n) is 10.2. The summed E-state index contributed by atoms with van der Waals surface area (Å²) in [5.41, 5.74) is 2.41. The number of pyridine rings is 1. The Morgan fingerprint density at radius 1 is 1.12 bits per heavy atom. The fourth-order valence-corrected chi connectivity index (χ4v) is 1.71. The van der Waals surface area contributed by atoms with Crippen LogP contribution in [0.25, 0.3) is 0 Å². The Morgan fingerprint density at radius 2 is 1.88 bits per heavy atom. The van der Waals surface area contributed by atoms with Gasteiger partial charge in [-0.2, -0.15) is 0 Å². The van der Waals surface area contributed by atoms with Gasteiger partial charge in [0.25, 0.3) is 0 Å². The molecule has 1 N–H and O–H groups in total. The van der Waals surface area contributed by atoms with Crippen LogP contribution in [0.4, 0.5) is 11.5 Å². The number of hydrogen-bond donors (Lipinski definition) is 1. The van der Waals surface area contributed by atoms with E-state index in [1.54, 1.807) is 0 Å². The van der Waals surface area contributed by atoms with Crippen molar-refractivity contribution in [1.29, 1.82) is 0 Å². The molecule has 88 valence electrons. The lowest BCUT2D eigenvalue weighted by atomic mass is 10.2. The van der Waals surface area contributed by atoms with Gasteiger partial charge in [0.15, 0.2) is 0 Å². The second kappa shape index (κ2) is 5.34. The van der Waals surface area contributed by atoms with Gasteiger partial charge < -0.3 is 10.2 Å². The zero-order valence-corrected chi connectivity index (χ0v) is 10.2. The van der Waals surface area contributed by atoms with Crippen molar-refractivity contribution in [2.75, 3.05) is 24.3 Å². The first-order chi connectivity index (χ1) is 8.29. The summed E-state index contributed by atoms with van der Waals surface area (Å²) in [5.74, 6) is 0.991. The van der Waals surface area contributed by atoms with Crippen molar-refractivity contribution in [2.45, 2.75) is 6.54 Å². The third-order valence-electron chi connectivity index (χ3n) is 2.70. The van der Waals surface area contributed by atoms with E-state index in [0.717, 1.165) is 18.1 Å². The highest BCUT2D eigenvalue weighted by Crippen LogP contribution is 2.13.